The molecule has 1 heterocycles. The Balaban J connectivity index is 1.98. The van der Waals surface area contributed by atoms with Crippen molar-refractivity contribution in [3.8, 4) is 17.2 Å². The Morgan fingerprint density at radius 3 is 2.37 bits per heavy atom. The smallest absolute Gasteiger partial charge is 0.322 e. The number of rotatable bonds is 5. The molecule has 0 fully saturated rings. The van der Waals surface area contributed by atoms with Crippen LogP contribution in [0.2, 0.25) is 0 Å². The first kappa shape index (κ1) is 18.2. The molecule has 3 aromatic rings. The standard InChI is InChI=1S/C20H18N2O5/c1-11-3-5-13(6-4-11)27-14-7-8-15-12(2)22-18(19(25)16(15)9-14)20(26)21-10-17(23)24/h3-9,25H,10H2,1-2H3,(H,21,26)(H,23,24). The number of aliphatic carboxylic acids is 1. The lowest BCUT2D eigenvalue weighted by Gasteiger charge is -2.12. The Kier molecular flexibility index (Phi) is 4.94. The molecule has 3 rings (SSSR count). The Morgan fingerprint density at radius 1 is 1.04 bits per heavy atom. The van der Waals surface area contributed by atoms with Gasteiger partial charge in [0.15, 0.2) is 11.4 Å². The third-order valence-corrected chi connectivity index (χ3v) is 4.01. The van der Waals surface area contributed by atoms with Crippen LogP contribution in [0.25, 0.3) is 10.8 Å². The number of amides is 1. The van der Waals surface area contributed by atoms with E-state index in [0.717, 1.165) is 5.56 Å². The molecular weight excluding hydrogens is 348 g/mol. The molecule has 7 nitrogen and oxygen atoms in total. The number of carbonyl (C=O) groups is 2. The third kappa shape index (κ3) is 3.98. The number of carbonyl (C=O) groups excluding carboxylic acids is 1. The molecule has 0 saturated heterocycles. The van der Waals surface area contributed by atoms with E-state index in [1.165, 1.54) is 0 Å². The quantitative estimate of drug-likeness (QED) is 0.640. The number of aromatic hydroxyl groups is 1. The van der Waals surface area contributed by atoms with Crippen molar-refractivity contribution < 1.29 is 24.5 Å². The zero-order valence-electron chi connectivity index (χ0n) is 14.8. The Hall–Kier alpha value is -3.61. The maximum Gasteiger partial charge on any atom is 0.322 e. The first-order valence-corrected chi connectivity index (χ1v) is 8.23. The average molecular weight is 366 g/mol. The molecule has 0 aliphatic rings. The van der Waals surface area contributed by atoms with E-state index in [1.807, 2.05) is 31.2 Å². The van der Waals surface area contributed by atoms with Crippen LogP contribution in [0, 0.1) is 13.8 Å². The Morgan fingerprint density at radius 2 is 1.70 bits per heavy atom. The van der Waals surface area contributed by atoms with Gasteiger partial charge in [-0.3, -0.25) is 9.59 Å². The highest BCUT2D eigenvalue weighted by Gasteiger charge is 2.19. The fourth-order valence-electron chi connectivity index (χ4n) is 2.65. The van der Waals surface area contributed by atoms with Crippen molar-refractivity contribution in [3.05, 3.63) is 59.4 Å². The molecule has 1 aromatic heterocycles. The van der Waals surface area contributed by atoms with Gasteiger partial charge < -0.3 is 20.3 Å². The molecule has 138 valence electrons. The highest BCUT2D eigenvalue weighted by molar-refractivity contribution is 6.03. The topological polar surface area (TPSA) is 109 Å². The zero-order chi connectivity index (χ0) is 19.6. The van der Waals surface area contributed by atoms with Crippen molar-refractivity contribution in [3.63, 3.8) is 0 Å². The molecule has 0 bridgehead atoms. The highest BCUT2D eigenvalue weighted by atomic mass is 16.5. The molecule has 27 heavy (non-hydrogen) atoms. The zero-order valence-corrected chi connectivity index (χ0v) is 14.8. The predicted molar refractivity (Wildman–Crippen MR) is 99.4 cm³/mol. The minimum absolute atomic E-state index is 0.228. The second kappa shape index (κ2) is 7.33. The summed E-state index contributed by atoms with van der Waals surface area (Å²) >= 11 is 0. The van der Waals surface area contributed by atoms with Crippen molar-refractivity contribution in [1.82, 2.24) is 10.3 Å². The van der Waals surface area contributed by atoms with Crippen LogP contribution in [0.1, 0.15) is 21.7 Å². The van der Waals surface area contributed by atoms with Gasteiger partial charge in [-0.15, -0.1) is 0 Å². The summed E-state index contributed by atoms with van der Waals surface area (Å²) in [5, 5.41) is 22.5. The number of nitrogens with one attached hydrogen (secondary N) is 1. The van der Waals surface area contributed by atoms with Gasteiger partial charge in [0, 0.05) is 16.5 Å². The summed E-state index contributed by atoms with van der Waals surface area (Å²) < 4.78 is 5.81. The highest BCUT2D eigenvalue weighted by Crippen LogP contribution is 2.33. The van der Waals surface area contributed by atoms with Gasteiger partial charge in [-0.05, 0) is 44.2 Å². The molecule has 0 spiro atoms. The van der Waals surface area contributed by atoms with Gasteiger partial charge in [0.25, 0.3) is 5.91 Å². The fourth-order valence-corrected chi connectivity index (χ4v) is 2.65. The minimum Gasteiger partial charge on any atom is -0.505 e. The van der Waals surface area contributed by atoms with Gasteiger partial charge in [-0.25, -0.2) is 4.98 Å². The molecule has 0 radical (unpaired) electrons. The lowest BCUT2D eigenvalue weighted by atomic mass is 10.1. The second-order valence-electron chi connectivity index (χ2n) is 6.09. The number of carboxylic acid groups (broad SMARTS) is 1. The summed E-state index contributed by atoms with van der Waals surface area (Å²) in [4.78, 5) is 26.9. The van der Waals surface area contributed by atoms with Gasteiger partial charge in [0.1, 0.15) is 18.0 Å². The molecule has 7 heteroatoms. The van der Waals surface area contributed by atoms with Crippen LogP contribution in [-0.4, -0.2) is 33.6 Å². The minimum atomic E-state index is -1.19. The maximum atomic E-state index is 12.1. The number of nitrogens with zero attached hydrogens (tertiary/aromatic N) is 1. The number of aryl methyl sites for hydroxylation is 2. The molecule has 0 unspecified atom stereocenters. The summed E-state index contributed by atoms with van der Waals surface area (Å²) in [5.74, 6) is -1.14. The van der Waals surface area contributed by atoms with Crippen LogP contribution >= 0.6 is 0 Å². The van der Waals surface area contributed by atoms with E-state index < -0.39 is 18.4 Å². The first-order chi connectivity index (χ1) is 12.8. The Labute approximate surface area is 155 Å². The van der Waals surface area contributed by atoms with Crippen molar-refractivity contribution in [2.24, 2.45) is 0 Å². The number of hydrogen-bond acceptors (Lipinski definition) is 5. The van der Waals surface area contributed by atoms with Gasteiger partial charge in [-0.2, -0.15) is 0 Å². The number of carboxylic acids is 1. The fraction of sp³-hybridized carbons (Fsp3) is 0.150. The SMILES string of the molecule is Cc1ccc(Oc2ccc3c(C)nc(C(=O)NCC(=O)O)c(O)c3c2)cc1. The number of pyridine rings is 1. The van der Waals surface area contributed by atoms with Gasteiger partial charge in [0.2, 0.25) is 0 Å². The van der Waals surface area contributed by atoms with Gasteiger partial charge in [0.05, 0.1) is 0 Å². The second-order valence-corrected chi connectivity index (χ2v) is 6.09. The summed E-state index contributed by atoms with van der Waals surface area (Å²) in [6.07, 6.45) is 0. The summed E-state index contributed by atoms with van der Waals surface area (Å²) in [7, 11) is 0. The van der Waals surface area contributed by atoms with Gasteiger partial charge in [-0.1, -0.05) is 17.7 Å². The number of aromatic nitrogens is 1. The monoisotopic (exact) mass is 366 g/mol. The molecule has 0 saturated carbocycles. The van der Waals surface area contributed by atoms with E-state index in [4.69, 9.17) is 9.84 Å². The number of fused-ring (bicyclic) bond motifs is 1. The number of hydrogen-bond donors (Lipinski definition) is 3. The van der Waals surface area contributed by atoms with Crippen molar-refractivity contribution in [2.75, 3.05) is 6.54 Å². The van der Waals surface area contributed by atoms with Gasteiger partial charge >= 0.3 is 5.97 Å². The summed E-state index contributed by atoms with van der Waals surface area (Å²) in [6, 6.07) is 12.6. The number of ether oxygens (including phenoxy) is 1. The average Bonchev–Trinajstić information content (AvgIpc) is 2.64. The van der Waals surface area contributed by atoms with Crippen LogP contribution < -0.4 is 10.1 Å². The largest absolute Gasteiger partial charge is 0.505 e. The maximum absolute atomic E-state index is 12.1. The molecule has 0 aliphatic carbocycles. The predicted octanol–water partition coefficient (Wildman–Crippen LogP) is 3.16. The van der Waals surface area contributed by atoms with E-state index in [0.29, 0.717) is 28.0 Å². The van der Waals surface area contributed by atoms with Crippen LogP contribution in [-0.2, 0) is 4.79 Å². The third-order valence-electron chi connectivity index (χ3n) is 4.01. The molecule has 3 N–H and O–H groups in total. The van der Waals surface area contributed by atoms with Crippen LogP contribution in [0.5, 0.6) is 17.2 Å². The van der Waals surface area contributed by atoms with Crippen LogP contribution in [0.4, 0.5) is 0 Å². The molecule has 1 amide bonds. The molecule has 2 aromatic carbocycles. The van der Waals surface area contributed by atoms with Crippen molar-refractivity contribution in [2.45, 2.75) is 13.8 Å². The van der Waals surface area contributed by atoms with E-state index in [-0.39, 0.29) is 11.4 Å². The van der Waals surface area contributed by atoms with Crippen molar-refractivity contribution in [1.29, 1.82) is 0 Å². The van der Waals surface area contributed by atoms with E-state index in [1.54, 1.807) is 25.1 Å². The molecule has 0 atom stereocenters. The van der Waals surface area contributed by atoms with E-state index >= 15 is 0 Å². The summed E-state index contributed by atoms with van der Waals surface area (Å²) in [6.45, 7) is 3.12. The summed E-state index contributed by atoms with van der Waals surface area (Å²) in [5.41, 5.74) is 1.41. The normalized spacial score (nSPS) is 10.6. The number of benzene rings is 2. The lowest BCUT2D eigenvalue weighted by Crippen LogP contribution is -2.30. The Bertz CT molecular complexity index is 1030. The lowest BCUT2D eigenvalue weighted by molar-refractivity contribution is -0.135. The van der Waals surface area contributed by atoms with Crippen LogP contribution in [0.15, 0.2) is 42.5 Å². The molecular formula is C20H18N2O5. The van der Waals surface area contributed by atoms with E-state index in [9.17, 15) is 14.7 Å². The first-order valence-electron chi connectivity index (χ1n) is 8.23. The van der Waals surface area contributed by atoms with Crippen molar-refractivity contribution >= 4 is 22.6 Å². The van der Waals surface area contributed by atoms with E-state index in [2.05, 4.69) is 10.3 Å². The molecule has 0 aliphatic heterocycles. The van der Waals surface area contributed by atoms with Crippen LogP contribution in [0.3, 0.4) is 0 Å².